The zero-order valence-corrected chi connectivity index (χ0v) is 12.5. The third-order valence-electron chi connectivity index (χ3n) is 4.01. The average molecular weight is 314 g/mol. The molecule has 3 heteroatoms. The predicted octanol–water partition coefficient (Wildman–Crippen LogP) is 4.65. The number of rotatable bonds is 4. The molecule has 0 unspecified atom stereocenters. The van der Waals surface area contributed by atoms with Crippen LogP contribution < -0.4 is 5.32 Å². The van der Waals surface area contributed by atoms with Crippen LogP contribution in [0.2, 0.25) is 0 Å². The molecule has 1 nitrogen and oxygen atoms in total. The largest absolute Gasteiger partial charge is 0.310 e. The van der Waals surface area contributed by atoms with E-state index in [1.165, 1.54) is 38.2 Å². The van der Waals surface area contributed by atoms with Gasteiger partial charge < -0.3 is 5.32 Å². The van der Waals surface area contributed by atoms with Crippen LogP contribution in [0.4, 0.5) is 4.39 Å². The minimum atomic E-state index is -0.162. The molecule has 1 saturated carbocycles. The molecule has 0 amide bonds. The van der Waals surface area contributed by atoms with Crippen molar-refractivity contribution in [2.75, 3.05) is 0 Å². The Morgan fingerprint density at radius 3 is 2.67 bits per heavy atom. The summed E-state index contributed by atoms with van der Waals surface area (Å²) in [5, 5.41) is 3.55. The lowest BCUT2D eigenvalue weighted by Gasteiger charge is -2.28. The number of benzene rings is 1. The van der Waals surface area contributed by atoms with Crippen molar-refractivity contribution in [1.29, 1.82) is 0 Å². The van der Waals surface area contributed by atoms with E-state index in [9.17, 15) is 4.39 Å². The van der Waals surface area contributed by atoms with E-state index >= 15 is 0 Å². The highest BCUT2D eigenvalue weighted by molar-refractivity contribution is 9.10. The summed E-state index contributed by atoms with van der Waals surface area (Å²) in [6.07, 6.45) is 6.48. The van der Waals surface area contributed by atoms with Crippen molar-refractivity contribution in [3.63, 3.8) is 0 Å². The molecule has 1 N–H and O–H groups in total. The van der Waals surface area contributed by atoms with E-state index < -0.39 is 0 Å². The fourth-order valence-electron chi connectivity index (χ4n) is 2.71. The Kier molecular flexibility index (Phi) is 5.19. The summed E-state index contributed by atoms with van der Waals surface area (Å²) in [6.45, 7) is 3.03. The molecule has 0 bridgehead atoms. The summed E-state index contributed by atoms with van der Waals surface area (Å²) in [4.78, 5) is 0. The molecule has 100 valence electrons. The Bertz CT molecular complexity index is 386. The van der Waals surface area contributed by atoms with Crippen LogP contribution in [0.25, 0.3) is 0 Å². The monoisotopic (exact) mass is 313 g/mol. The van der Waals surface area contributed by atoms with Crippen LogP contribution in [-0.2, 0) is 6.54 Å². The normalized spacial score (nSPS) is 24.2. The lowest BCUT2D eigenvalue weighted by Crippen LogP contribution is -2.32. The maximum absolute atomic E-state index is 13.2. The van der Waals surface area contributed by atoms with Gasteiger partial charge in [-0.15, -0.1) is 0 Å². The molecule has 0 heterocycles. The molecule has 0 aromatic heterocycles. The first-order valence-corrected chi connectivity index (χ1v) is 7.65. The molecule has 1 aliphatic carbocycles. The van der Waals surface area contributed by atoms with Crippen LogP contribution in [0, 0.1) is 11.7 Å². The van der Waals surface area contributed by atoms with Gasteiger partial charge in [-0.2, -0.15) is 0 Å². The van der Waals surface area contributed by atoms with Crippen LogP contribution in [0.5, 0.6) is 0 Å². The smallest absolute Gasteiger partial charge is 0.123 e. The van der Waals surface area contributed by atoms with Crippen LogP contribution in [0.15, 0.2) is 22.7 Å². The van der Waals surface area contributed by atoms with Gasteiger partial charge in [0.1, 0.15) is 5.82 Å². The quantitative estimate of drug-likeness (QED) is 0.853. The van der Waals surface area contributed by atoms with Crippen molar-refractivity contribution in [2.24, 2.45) is 5.92 Å². The van der Waals surface area contributed by atoms with E-state index in [-0.39, 0.29) is 5.82 Å². The lowest BCUT2D eigenvalue weighted by molar-refractivity contribution is 0.285. The van der Waals surface area contributed by atoms with Crippen molar-refractivity contribution < 1.29 is 4.39 Å². The second-order valence-corrected chi connectivity index (χ2v) is 6.10. The van der Waals surface area contributed by atoms with Gasteiger partial charge in [-0.25, -0.2) is 4.39 Å². The molecule has 0 aliphatic heterocycles. The first-order valence-electron chi connectivity index (χ1n) is 6.86. The lowest BCUT2D eigenvalue weighted by atomic mass is 9.84. The van der Waals surface area contributed by atoms with Gasteiger partial charge in [0.25, 0.3) is 0 Å². The molecule has 0 saturated heterocycles. The number of hydrogen-bond acceptors (Lipinski definition) is 1. The summed E-state index contributed by atoms with van der Waals surface area (Å²) < 4.78 is 14.1. The number of nitrogens with one attached hydrogen (secondary N) is 1. The Hall–Kier alpha value is -0.410. The van der Waals surface area contributed by atoms with E-state index in [4.69, 9.17) is 0 Å². The van der Waals surface area contributed by atoms with Crippen molar-refractivity contribution in [2.45, 2.75) is 51.6 Å². The first kappa shape index (κ1) is 14.0. The molecule has 0 spiro atoms. The summed E-state index contributed by atoms with van der Waals surface area (Å²) >= 11 is 3.47. The fourth-order valence-corrected chi connectivity index (χ4v) is 3.09. The van der Waals surface area contributed by atoms with Gasteiger partial charge in [0.2, 0.25) is 0 Å². The van der Waals surface area contributed by atoms with Gasteiger partial charge in [-0.05, 0) is 55.4 Å². The maximum atomic E-state index is 13.2. The van der Waals surface area contributed by atoms with E-state index in [0.29, 0.717) is 6.04 Å². The maximum Gasteiger partial charge on any atom is 0.123 e. The first-order chi connectivity index (χ1) is 8.69. The van der Waals surface area contributed by atoms with Crippen molar-refractivity contribution >= 4 is 15.9 Å². The topological polar surface area (TPSA) is 12.0 Å². The average Bonchev–Trinajstić information content (AvgIpc) is 2.40. The number of hydrogen-bond donors (Lipinski definition) is 1. The highest BCUT2D eigenvalue weighted by atomic mass is 79.9. The fraction of sp³-hybridized carbons (Fsp3) is 0.600. The molecule has 1 fully saturated rings. The number of halogens is 2. The molecule has 0 radical (unpaired) electrons. The Morgan fingerprint density at radius 2 is 2.00 bits per heavy atom. The highest BCUT2D eigenvalue weighted by Gasteiger charge is 2.19. The Morgan fingerprint density at radius 1 is 1.28 bits per heavy atom. The third kappa shape index (κ3) is 3.79. The van der Waals surface area contributed by atoms with Crippen LogP contribution >= 0.6 is 15.9 Å². The molecule has 1 aromatic rings. The standard InChI is InChI=1S/C15H21BrFN/c1-2-11-3-6-14(7-4-11)18-10-12-9-13(17)5-8-15(12)16/h5,8-9,11,14,18H,2-4,6-7,10H2,1H3. The molecular formula is C15H21BrFN. The van der Waals surface area contributed by atoms with Crippen LogP contribution in [0.3, 0.4) is 0 Å². The minimum absolute atomic E-state index is 0.162. The van der Waals surface area contributed by atoms with Gasteiger partial charge in [0, 0.05) is 17.1 Å². The molecule has 18 heavy (non-hydrogen) atoms. The van der Waals surface area contributed by atoms with Gasteiger partial charge >= 0.3 is 0 Å². The zero-order chi connectivity index (χ0) is 13.0. The van der Waals surface area contributed by atoms with Crippen molar-refractivity contribution in [1.82, 2.24) is 5.32 Å². The molecular weight excluding hydrogens is 293 g/mol. The van der Waals surface area contributed by atoms with Gasteiger partial charge in [0.15, 0.2) is 0 Å². The summed E-state index contributed by atoms with van der Waals surface area (Å²) in [5.41, 5.74) is 1.01. The van der Waals surface area contributed by atoms with E-state index in [2.05, 4.69) is 28.2 Å². The van der Waals surface area contributed by atoms with E-state index in [1.807, 2.05) is 0 Å². The zero-order valence-electron chi connectivity index (χ0n) is 10.9. The minimum Gasteiger partial charge on any atom is -0.310 e. The summed E-state index contributed by atoms with van der Waals surface area (Å²) in [7, 11) is 0. The SMILES string of the molecule is CCC1CCC(NCc2cc(F)ccc2Br)CC1. The highest BCUT2D eigenvalue weighted by Crippen LogP contribution is 2.27. The van der Waals surface area contributed by atoms with Crippen LogP contribution in [-0.4, -0.2) is 6.04 Å². The van der Waals surface area contributed by atoms with Gasteiger partial charge in [0.05, 0.1) is 0 Å². The molecule has 1 aromatic carbocycles. The second kappa shape index (κ2) is 6.67. The third-order valence-corrected chi connectivity index (χ3v) is 4.79. The van der Waals surface area contributed by atoms with Gasteiger partial charge in [-0.3, -0.25) is 0 Å². The summed E-state index contributed by atoms with van der Waals surface area (Å²) in [6, 6.07) is 5.47. The predicted molar refractivity (Wildman–Crippen MR) is 77.0 cm³/mol. The van der Waals surface area contributed by atoms with Crippen LogP contribution in [0.1, 0.15) is 44.6 Å². The molecule has 1 aliphatic rings. The van der Waals surface area contributed by atoms with Gasteiger partial charge in [-0.1, -0.05) is 29.3 Å². The van der Waals surface area contributed by atoms with E-state index in [0.717, 1.165) is 22.5 Å². The van der Waals surface area contributed by atoms with Crippen molar-refractivity contribution in [3.05, 3.63) is 34.1 Å². The Balaban J connectivity index is 1.83. The van der Waals surface area contributed by atoms with E-state index in [1.54, 1.807) is 12.1 Å². The summed E-state index contributed by atoms with van der Waals surface area (Å²) in [5.74, 6) is 0.758. The van der Waals surface area contributed by atoms with Crippen molar-refractivity contribution in [3.8, 4) is 0 Å². The second-order valence-electron chi connectivity index (χ2n) is 5.24. The Labute approximate surface area is 117 Å². The molecule has 2 rings (SSSR count). The molecule has 0 atom stereocenters.